The van der Waals surface area contributed by atoms with Gasteiger partial charge in [0.05, 0.1) is 5.56 Å². The Hall–Kier alpha value is -2.12. The average Bonchev–Trinajstić information content (AvgIpc) is 2.32. The number of rotatable bonds is 3. The van der Waals surface area contributed by atoms with Crippen molar-refractivity contribution in [2.24, 2.45) is 0 Å². The third kappa shape index (κ3) is 5.21. The van der Waals surface area contributed by atoms with Gasteiger partial charge in [-0.2, -0.15) is 13.2 Å². The van der Waals surface area contributed by atoms with E-state index in [-0.39, 0.29) is 5.56 Å². The van der Waals surface area contributed by atoms with E-state index in [9.17, 15) is 27.2 Å². The van der Waals surface area contributed by atoms with E-state index in [1.54, 1.807) is 20.8 Å². The zero-order valence-electron chi connectivity index (χ0n) is 14.0. The first-order valence-corrected chi connectivity index (χ1v) is 7.06. The fraction of sp³-hybridized carbons (Fsp3) is 0.500. The Balaban J connectivity index is 3.00. The Morgan fingerprint density at radius 1 is 1.04 bits per heavy atom. The molecule has 0 aliphatic carbocycles. The smallest absolute Gasteiger partial charge is 0.419 e. The van der Waals surface area contributed by atoms with E-state index >= 15 is 0 Å². The number of halogens is 4. The van der Waals surface area contributed by atoms with Crippen LogP contribution in [-0.2, 0) is 10.9 Å². The number of nitrogens with one attached hydrogen (secondary N) is 1. The zero-order chi connectivity index (χ0) is 18.9. The van der Waals surface area contributed by atoms with E-state index in [1.165, 1.54) is 13.8 Å². The number of hydrogen-bond acceptors (Lipinski definition) is 3. The van der Waals surface area contributed by atoms with Gasteiger partial charge >= 0.3 is 12.3 Å². The fourth-order valence-electron chi connectivity index (χ4n) is 1.86. The second-order valence-corrected chi connectivity index (χ2v) is 6.77. The van der Waals surface area contributed by atoms with Gasteiger partial charge in [0.25, 0.3) is 0 Å². The van der Waals surface area contributed by atoms with Crippen LogP contribution in [0.3, 0.4) is 0 Å². The van der Waals surface area contributed by atoms with Crippen molar-refractivity contribution in [1.82, 2.24) is 5.32 Å². The molecule has 0 aromatic heterocycles. The number of benzene rings is 1. The summed E-state index contributed by atoms with van der Waals surface area (Å²) in [6.45, 7) is 7.58. The molecule has 0 aliphatic rings. The molecular weight excluding hydrogens is 330 g/mol. The summed E-state index contributed by atoms with van der Waals surface area (Å²) in [6, 6.07) is 1.86. The van der Waals surface area contributed by atoms with Crippen LogP contribution in [-0.4, -0.2) is 23.0 Å². The van der Waals surface area contributed by atoms with E-state index < -0.39 is 40.6 Å². The molecule has 1 aromatic carbocycles. The third-order valence-corrected chi connectivity index (χ3v) is 2.92. The SMILES string of the molecule is CC(C)(C)OC(=O)NC(C)(C)C(=O)c1ccc(C(F)(F)F)c(F)c1. The van der Waals surface area contributed by atoms with Gasteiger partial charge in [0, 0.05) is 5.56 Å². The van der Waals surface area contributed by atoms with Crippen LogP contribution >= 0.6 is 0 Å². The van der Waals surface area contributed by atoms with Crippen molar-refractivity contribution in [3.8, 4) is 0 Å². The number of carbonyl (C=O) groups excluding carboxylic acids is 2. The first kappa shape index (κ1) is 19.9. The largest absolute Gasteiger partial charge is 0.444 e. The van der Waals surface area contributed by atoms with Crippen molar-refractivity contribution in [2.45, 2.75) is 51.9 Å². The predicted molar refractivity (Wildman–Crippen MR) is 79.2 cm³/mol. The minimum absolute atomic E-state index is 0.290. The molecule has 0 heterocycles. The number of ether oxygens (including phenoxy) is 1. The molecule has 1 aromatic rings. The second-order valence-electron chi connectivity index (χ2n) is 6.77. The highest BCUT2D eigenvalue weighted by Crippen LogP contribution is 2.32. The predicted octanol–water partition coefficient (Wildman–Crippen LogP) is 4.33. The zero-order valence-corrected chi connectivity index (χ0v) is 14.0. The summed E-state index contributed by atoms with van der Waals surface area (Å²) in [5, 5.41) is 2.32. The number of hydrogen-bond donors (Lipinski definition) is 1. The summed E-state index contributed by atoms with van der Waals surface area (Å²) in [5.41, 5.74) is -4.03. The van der Waals surface area contributed by atoms with Crippen LogP contribution in [0.2, 0.25) is 0 Å². The van der Waals surface area contributed by atoms with Gasteiger partial charge in [0.2, 0.25) is 0 Å². The number of alkyl carbamates (subject to hydrolysis) is 1. The third-order valence-electron chi connectivity index (χ3n) is 2.92. The summed E-state index contributed by atoms with van der Waals surface area (Å²) in [7, 11) is 0. The van der Waals surface area contributed by atoms with Gasteiger partial charge < -0.3 is 10.1 Å². The Bertz CT molecular complexity index is 646. The lowest BCUT2D eigenvalue weighted by Gasteiger charge is -2.27. The van der Waals surface area contributed by atoms with Crippen LogP contribution in [0.15, 0.2) is 18.2 Å². The van der Waals surface area contributed by atoms with Gasteiger partial charge in [-0.3, -0.25) is 4.79 Å². The molecule has 134 valence electrons. The van der Waals surface area contributed by atoms with Gasteiger partial charge in [0.15, 0.2) is 5.78 Å². The fourth-order valence-corrected chi connectivity index (χ4v) is 1.86. The molecule has 0 aliphatic heterocycles. The van der Waals surface area contributed by atoms with Crippen LogP contribution in [0.25, 0.3) is 0 Å². The molecule has 0 unspecified atom stereocenters. The Labute approximate surface area is 137 Å². The molecule has 0 saturated heterocycles. The Morgan fingerprint density at radius 2 is 1.58 bits per heavy atom. The molecule has 0 saturated carbocycles. The van der Waals surface area contributed by atoms with E-state index in [4.69, 9.17) is 4.74 Å². The molecule has 0 bridgehead atoms. The van der Waals surface area contributed by atoms with E-state index in [2.05, 4.69) is 5.32 Å². The summed E-state index contributed by atoms with van der Waals surface area (Å²) >= 11 is 0. The summed E-state index contributed by atoms with van der Waals surface area (Å²) in [6.07, 6.45) is -5.72. The van der Waals surface area contributed by atoms with Crippen LogP contribution in [0.1, 0.15) is 50.5 Å². The van der Waals surface area contributed by atoms with Crippen molar-refractivity contribution < 1.29 is 31.9 Å². The molecule has 1 N–H and O–H groups in total. The molecule has 0 fully saturated rings. The summed E-state index contributed by atoms with van der Waals surface area (Å²) in [4.78, 5) is 24.1. The summed E-state index contributed by atoms with van der Waals surface area (Å²) in [5.74, 6) is -2.30. The maximum absolute atomic E-state index is 13.6. The number of ketones is 1. The lowest BCUT2D eigenvalue weighted by atomic mass is 9.92. The highest BCUT2D eigenvalue weighted by Gasteiger charge is 2.36. The molecular formula is C16H19F4NO3. The molecule has 0 spiro atoms. The molecule has 4 nitrogen and oxygen atoms in total. The van der Waals surface area contributed by atoms with Crippen molar-refractivity contribution in [2.75, 3.05) is 0 Å². The van der Waals surface area contributed by atoms with E-state index in [0.29, 0.717) is 12.1 Å². The molecule has 1 amide bonds. The van der Waals surface area contributed by atoms with Gasteiger partial charge in [-0.1, -0.05) is 6.07 Å². The minimum Gasteiger partial charge on any atom is -0.444 e. The quantitative estimate of drug-likeness (QED) is 0.653. The van der Waals surface area contributed by atoms with Crippen LogP contribution in [0.5, 0.6) is 0 Å². The Morgan fingerprint density at radius 3 is 2.00 bits per heavy atom. The number of Topliss-reactive ketones (excluding diaryl/α,β-unsaturated/α-hetero) is 1. The first-order valence-electron chi connectivity index (χ1n) is 7.06. The molecule has 0 radical (unpaired) electrons. The Kier molecular flexibility index (Phi) is 5.32. The standard InChI is InChI=1S/C16H19F4NO3/c1-14(2,3)24-13(23)21-15(4,5)12(22)9-6-7-10(11(17)8-9)16(18,19)20/h6-8H,1-5H3,(H,21,23). The highest BCUT2D eigenvalue weighted by atomic mass is 19.4. The number of amides is 1. The van der Waals surface area contributed by atoms with Gasteiger partial charge in [-0.15, -0.1) is 0 Å². The first-order chi connectivity index (χ1) is 10.6. The average molecular weight is 349 g/mol. The van der Waals surface area contributed by atoms with Gasteiger partial charge in [-0.05, 0) is 46.8 Å². The highest BCUT2D eigenvalue weighted by molar-refractivity contribution is 6.04. The molecule has 24 heavy (non-hydrogen) atoms. The monoisotopic (exact) mass is 349 g/mol. The lowest BCUT2D eigenvalue weighted by Crippen LogP contribution is -2.51. The normalized spacial score (nSPS) is 12.7. The van der Waals surface area contributed by atoms with Crippen LogP contribution < -0.4 is 5.32 Å². The van der Waals surface area contributed by atoms with Crippen LogP contribution in [0, 0.1) is 5.82 Å². The van der Waals surface area contributed by atoms with Gasteiger partial charge in [0.1, 0.15) is 17.0 Å². The lowest BCUT2D eigenvalue weighted by molar-refractivity contribution is -0.140. The number of carbonyl (C=O) groups is 2. The van der Waals surface area contributed by atoms with Crippen molar-refractivity contribution in [3.63, 3.8) is 0 Å². The maximum atomic E-state index is 13.6. The maximum Gasteiger partial charge on any atom is 0.419 e. The van der Waals surface area contributed by atoms with Crippen LogP contribution in [0.4, 0.5) is 22.4 Å². The molecule has 0 atom stereocenters. The second kappa shape index (κ2) is 6.41. The number of alkyl halides is 3. The summed E-state index contributed by atoms with van der Waals surface area (Å²) < 4.78 is 56.3. The van der Waals surface area contributed by atoms with Gasteiger partial charge in [-0.25, -0.2) is 9.18 Å². The minimum atomic E-state index is -4.85. The van der Waals surface area contributed by atoms with E-state index in [1.807, 2.05) is 0 Å². The van der Waals surface area contributed by atoms with Crippen molar-refractivity contribution in [1.29, 1.82) is 0 Å². The topological polar surface area (TPSA) is 55.4 Å². The van der Waals surface area contributed by atoms with E-state index in [0.717, 1.165) is 6.07 Å². The molecule has 1 rings (SSSR count). The van der Waals surface area contributed by atoms with Crippen molar-refractivity contribution in [3.05, 3.63) is 35.1 Å². The van der Waals surface area contributed by atoms with Crippen molar-refractivity contribution >= 4 is 11.9 Å². The molecule has 8 heteroatoms.